The number of hydrogen-bond donors (Lipinski definition) is 0. The summed E-state index contributed by atoms with van der Waals surface area (Å²) < 4.78 is 3.08. The minimum Gasteiger partial charge on any atom is -0.265 e. The molecule has 0 aliphatic rings. The highest BCUT2D eigenvalue weighted by Gasteiger charge is 2.16. The normalized spacial score (nSPS) is 11.6. The number of halogens is 2. The molecule has 0 saturated carbocycles. The summed E-state index contributed by atoms with van der Waals surface area (Å²) >= 11 is 6.34. The third-order valence-corrected chi connectivity index (χ3v) is 3.40. The van der Waals surface area contributed by atoms with E-state index < -0.39 is 0 Å². The monoisotopic (exact) mass is 344 g/mol. The van der Waals surface area contributed by atoms with Gasteiger partial charge in [-0.25, -0.2) is 0 Å². The summed E-state index contributed by atoms with van der Waals surface area (Å²) in [7, 11) is 0. The minimum atomic E-state index is -0.385. The number of fused-ring (bicyclic) bond motifs is 2. The van der Waals surface area contributed by atoms with Crippen molar-refractivity contribution in [2.24, 2.45) is 0 Å². The number of nitrogens with zero attached hydrogens (tertiary/aromatic N) is 4. The average Bonchev–Trinajstić information content (AvgIpc) is 2.80. The van der Waals surface area contributed by atoms with Crippen LogP contribution >= 0.6 is 31.9 Å². The summed E-state index contributed by atoms with van der Waals surface area (Å²) in [5, 5.41) is 7.69. The molecule has 0 spiro atoms. The smallest absolute Gasteiger partial charge is 0.265 e. The molecule has 0 unspecified atom stereocenters. The predicted molar refractivity (Wildman–Crippen MR) is 63.1 cm³/mol. The van der Waals surface area contributed by atoms with Gasteiger partial charge in [-0.05, 0) is 31.9 Å². The molecule has 6 nitrogen and oxygen atoms in total. The number of rotatable bonds is 0. The van der Waals surface area contributed by atoms with Crippen LogP contribution in [0.25, 0.3) is 11.0 Å². The van der Waals surface area contributed by atoms with E-state index in [1.54, 1.807) is 0 Å². The van der Waals surface area contributed by atoms with Crippen LogP contribution in [0.2, 0.25) is 0 Å². The van der Waals surface area contributed by atoms with Gasteiger partial charge >= 0.3 is 0 Å². The van der Waals surface area contributed by atoms with Crippen molar-refractivity contribution in [1.82, 2.24) is 19.2 Å². The lowest BCUT2D eigenvalue weighted by Crippen LogP contribution is -2.27. The van der Waals surface area contributed by atoms with E-state index in [4.69, 9.17) is 0 Å². The van der Waals surface area contributed by atoms with Crippen LogP contribution in [0.3, 0.4) is 0 Å². The average molecular weight is 346 g/mol. The Morgan fingerprint density at radius 2 is 1.25 bits per heavy atom. The lowest BCUT2D eigenvalue weighted by molar-refractivity contribution is 0.852. The summed E-state index contributed by atoms with van der Waals surface area (Å²) in [5.74, 6) is 0. The lowest BCUT2D eigenvalue weighted by Gasteiger charge is -1.94. The summed E-state index contributed by atoms with van der Waals surface area (Å²) in [4.78, 5) is 24.0. The van der Waals surface area contributed by atoms with Crippen LogP contribution in [-0.2, 0) is 0 Å². The maximum atomic E-state index is 12.0. The van der Waals surface area contributed by atoms with E-state index in [2.05, 4.69) is 42.1 Å². The van der Waals surface area contributed by atoms with Crippen molar-refractivity contribution in [3.63, 3.8) is 0 Å². The Kier molecular flexibility index (Phi) is 1.93. The molecule has 0 saturated heterocycles. The third-order valence-electron chi connectivity index (χ3n) is 2.24. The second-order valence-corrected chi connectivity index (χ2v) is 4.82. The fourth-order valence-electron chi connectivity index (χ4n) is 1.55. The Labute approximate surface area is 104 Å². The van der Waals surface area contributed by atoms with Crippen molar-refractivity contribution in [3.8, 4) is 0 Å². The first-order valence-corrected chi connectivity index (χ1v) is 5.76. The maximum Gasteiger partial charge on any atom is 0.298 e. The molecule has 8 heteroatoms. The SMILES string of the molecule is O=c1c2c(Br)cnn2c(=O)c2c(Br)cnn12. The molecule has 0 bridgehead atoms. The van der Waals surface area contributed by atoms with Crippen LogP contribution in [0.5, 0.6) is 0 Å². The molecule has 3 rings (SSSR count). The summed E-state index contributed by atoms with van der Waals surface area (Å²) in [5.41, 5.74) is -0.393. The number of hydrogen-bond acceptors (Lipinski definition) is 4. The van der Waals surface area contributed by atoms with Crippen molar-refractivity contribution in [2.75, 3.05) is 0 Å². The van der Waals surface area contributed by atoms with E-state index in [1.807, 2.05) is 0 Å². The zero-order valence-corrected chi connectivity index (χ0v) is 10.7. The Hall–Kier alpha value is -1.28. The molecule has 80 valence electrons. The van der Waals surface area contributed by atoms with Crippen molar-refractivity contribution >= 4 is 42.9 Å². The molecule has 3 aromatic rings. The van der Waals surface area contributed by atoms with Gasteiger partial charge in [0.25, 0.3) is 11.1 Å². The first-order chi connectivity index (χ1) is 7.61. The van der Waals surface area contributed by atoms with Gasteiger partial charge in [-0.2, -0.15) is 19.2 Å². The van der Waals surface area contributed by atoms with E-state index in [0.29, 0.717) is 8.95 Å². The largest absolute Gasteiger partial charge is 0.298 e. The molecule has 0 fully saturated rings. The standard InChI is InChI=1S/C8H2Br2N4O2/c9-3-1-11-13-5(3)7(15)14-6(8(13)16)4(10)2-12-14/h1-2H. The zero-order valence-electron chi connectivity index (χ0n) is 7.52. The van der Waals surface area contributed by atoms with Crippen molar-refractivity contribution in [2.45, 2.75) is 0 Å². The number of aromatic nitrogens is 4. The Balaban J connectivity index is 2.83. The molecule has 0 amide bonds. The second kappa shape index (κ2) is 3.11. The van der Waals surface area contributed by atoms with Gasteiger partial charge < -0.3 is 0 Å². The fraction of sp³-hybridized carbons (Fsp3) is 0. The quantitative estimate of drug-likeness (QED) is 0.600. The molecule has 3 aromatic heterocycles. The molecule has 0 atom stereocenters. The fourth-order valence-corrected chi connectivity index (χ4v) is 2.41. The molecule has 0 aliphatic carbocycles. The molecule has 0 radical (unpaired) electrons. The molecule has 0 aromatic carbocycles. The molecule has 0 N–H and O–H groups in total. The maximum absolute atomic E-state index is 12.0. The van der Waals surface area contributed by atoms with Gasteiger partial charge in [0, 0.05) is 0 Å². The van der Waals surface area contributed by atoms with E-state index in [0.717, 1.165) is 9.03 Å². The first kappa shape index (κ1) is 9.91. The Bertz CT molecular complexity index is 752. The lowest BCUT2D eigenvalue weighted by atomic mass is 10.4. The molecule has 0 aliphatic heterocycles. The van der Waals surface area contributed by atoms with Crippen molar-refractivity contribution < 1.29 is 0 Å². The van der Waals surface area contributed by atoms with Crippen LogP contribution in [0, 0.1) is 0 Å². The van der Waals surface area contributed by atoms with Gasteiger partial charge in [0.1, 0.15) is 0 Å². The highest BCUT2D eigenvalue weighted by Crippen LogP contribution is 2.15. The molecule has 3 heterocycles. The van der Waals surface area contributed by atoms with Gasteiger partial charge in [-0.1, -0.05) is 0 Å². The van der Waals surface area contributed by atoms with Gasteiger partial charge in [-0.3, -0.25) is 9.59 Å². The van der Waals surface area contributed by atoms with E-state index in [1.165, 1.54) is 12.4 Å². The van der Waals surface area contributed by atoms with Gasteiger partial charge in [0.2, 0.25) is 0 Å². The highest BCUT2D eigenvalue weighted by molar-refractivity contribution is 9.11. The van der Waals surface area contributed by atoms with Crippen LogP contribution in [0.15, 0.2) is 30.9 Å². The summed E-state index contributed by atoms with van der Waals surface area (Å²) in [6.07, 6.45) is 2.82. The van der Waals surface area contributed by atoms with Crippen molar-refractivity contribution in [3.05, 3.63) is 42.0 Å². The minimum absolute atomic E-state index is 0.188. The summed E-state index contributed by atoms with van der Waals surface area (Å²) in [6, 6.07) is 0. The van der Waals surface area contributed by atoms with Crippen LogP contribution in [0.4, 0.5) is 0 Å². The Morgan fingerprint density at radius 3 is 1.62 bits per heavy atom. The molecular weight excluding hydrogens is 344 g/mol. The van der Waals surface area contributed by atoms with Gasteiger partial charge in [0.05, 0.1) is 21.3 Å². The van der Waals surface area contributed by atoms with Crippen LogP contribution in [0.1, 0.15) is 0 Å². The van der Waals surface area contributed by atoms with Gasteiger partial charge in [0.15, 0.2) is 11.0 Å². The second-order valence-electron chi connectivity index (χ2n) is 3.12. The zero-order chi connectivity index (χ0) is 11.4. The van der Waals surface area contributed by atoms with Crippen LogP contribution in [-0.4, -0.2) is 19.2 Å². The Morgan fingerprint density at radius 1 is 0.875 bits per heavy atom. The summed E-state index contributed by atoms with van der Waals surface area (Å²) in [6.45, 7) is 0. The van der Waals surface area contributed by atoms with E-state index in [9.17, 15) is 9.59 Å². The van der Waals surface area contributed by atoms with Crippen molar-refractivity contribution in [1.29, 1.82) is 0 Å². The van der Waals surface area contributed by atoms with E-state index >= 15 is 0 Å². The highest BCUT2D eigenvalue weighted by atomic mass is 79.9. The van der Waals surface area contributed by atoms with Gasteiger partial charge in [-0.15, -0.1) is 0 Å². The topological polar surface area (TPSA) is 68.7 Å². The first-order valence-electron chi connectivity index (χ1n) is 4.17. The predicted octanol–water partition coefficient (Wildman–Crippen LogP) is 0.665. The van der Waals surface area contributed by atoms with E-state index in [-0.39, 0.29) is 22.2 Å². The third kappa shape index (κ3) is 1.05. The van der Waals surface area contributed by atoms with Crippen LogP contribution < -0.4 is 11.1 Å². The molecule has 16 heavy (non-hydrogen) atoms. The molecular formula is C8H2Br2N4O2.